The molecule has 0 heterocycles. The summed E-state index contributed by atoms with van der Waals surface area (Å²) >= 11 is 0. The third-order valence-electron chi connectivity index (χ3n) is 3.27. The normalized spacial score (nSPS) is 10.6. The molecule has 94 valence electrons. The van der Waals surface area contributed by atoms with Crippen LogP contribution in [0.5, 0.6) is 11.5 Å². The predicted molar refractivity (Wildman–Crippen MR) is 73.2 cm³/mol. The highest BCUT2D eigenvalue weighted by atomic mass is 16.3. The molecule has 2 aromatic carbocycles. The van der Waals surface area contributed by atoms with Gasteiger partial charge in [-0.2, -0.15) is 0 Å². The first kappa shape index (κ1) is 12.5. The van der Waals surface area contributed by atoms with E-state index in [0.29, 0.717) is 17.9 Å². The molecule has 0 radical (unpaired) electrons. The number of hydrogen-bond acceptors (Lipinski definition) is 2. The first-order valence-corrected chi connectivity index (χ1v) is 6.05. The summed E-state index contributed by atoms with van der Waals surface area (Å²) < 4.78 is 0. The quantitative estimate of drug-likeness (QED) is 0.844. The fourth-order valence-electron chi connectivity index (χ4n) is 2.11. The van der Waals surface area contributed by atoms with E-state index in [1.165, 1.54) is 0 Å². The van der Waals surface area contributed by atoms with Crippen molar-refractivity contribution in [1.29, 1.82) is 0 Å². The van der Waals surface area contributed by atoms with E-state index < -0.39 is 0 Å². The second kappa shape index (κ2) is 4.73. The molecule has 0 bridgehead atoms. The van der Waals surface area contributed by atoms with Crippen molar-refractivity contribution in [3.8, 4) is 11.5 Å². The van der Waals surface area contributed by atoms with Gasteiger partial charge < -0.3 is 10.2 Å². The van der Waals surface area contributed by atoms with Crippen LogP contribution in [0.1, 0.15) is 27.8 Å². The Labute approximate surface area is 108 Å². The summed E-state index contributed by atoms with van der Waals surface area (Å²) in [6.07, 6.45) is 0.681. The monoisotopic (exact) mass is 242 g/mol. The predicted octanol–water partition coefficient (Wildman–Crippen LogP) is 3.61. The molecule has 0 aromatic heterocycles. The molecular formula is C16H18O2. The van der Waals surface area contributed by atoms with E-state index in [4.69, 9.17) is 0 Å². The Morgan fingerprint density at radius 2 is 1.50 bits per heavy atom. The van der Waals surface area contributed by atoms with Gasteiger partial charge in [0.05, 0.1) is 0 Å². The summed E-state index contributed by atoms with van der Waals surface area (Å²) in [7, 11) is 0. The summed E-state index contributed by atoms with van der Waals surface area (Å²) in [6.45, 7) is 5.87. The molecule has 0 saturated carbocycles. The van der Waals surface area contributed by atoms with Crippen LogP contribution in [0.4, 0.5) is 0 Å². The van der Waals surface area contributed by atoms with Gasteiger partial charge in [0.25, 0.3) is 0 Å². The maximum Gasteiger partial charge on any atom is 0.119 e. The zero-order valence-corrected chi connectivity index (χ0v) is 11.0. The molecule has 2 heteroatoms. The van der Waals surface area contributed by atoms with Crippen LogP contribution in [0.25, 0.3) is 0 Å². The van der Waals surface area contributed by atoms with Crippen LogP contribution in [0, 0.1) is 20.8 Å². The second-order valence-electron chi connectivity index (χ2n) is 4.87. The van der Waals surface area contributed by atoms with Gasteiger partial charge in [-0.3, -0.25) is 0 Å². The lowest BCUT2D eigenvalue weighted by Gasteiger charge is -2.11. The summed E-state index contributed by atoms with van der Waals surface area (Å²) in [5, 5.41) is 19.5. The van der Waals surface area contributed by atoms with Crippen molar-refractivity contribution in [3.05, 3.63) is 58.1 Å². The molecule has 0 spiro atoms. The van der Waals surface area contributed by atoms with Gasteiger partial charge >= 0.3 is 0 Å². The average molecular weight is 242 g/mol. The SMILES string of the molecule is Cc1ccc(O)c(Cc2cc(C)c(O)cc2C)c1. The Kier molecular flexibility index (Phi) is 3.28. The number of benzene rings is 2. The molecule has 0 aliphatic carbocycles. The molecule has 2 aromatic rings. The zero-order chi connectivity index (χ0) is 13.3. The van der Waals surface area contributed by atoms with E-state index in [1.807, 2.05) is 39.0 Å². The van der Waals surface area contributed by atoms with Gasteiger partial charge in [0.15, 0.2) is 0 Å². The van der Waals surface area contributed by atoms with E-state index in [1.54, 1.807) is 12.1 Å². The highest BCUT2D eigenvalue weighted by molar-refractivity contribution is 5.45. The van der Waals surface area contributed by atoms with Crippen molar-refractivity contribution in [2.24, 2.45) is 0 Å². The van der Waals surface area contributed by atoms with E-state index in [0.717, 1.165) is 27.8 Å². The number of aryl methyl sites for hydroxylation is 3. The second-order valence-corrected chi connectivity index (χ2v) is 4.87. The maximum atomic E-state index is 9.86. The summed E-state index contributed by atoms with van der Waals surface area (Å²) in [6, 6.07) is 9.38. The Hall–Kier alpha value is -1.96. The molecule has 0 saturated heterocycles. The lowest BCUT2D eigenvalue weighted by Crippen LogP contribution is -1.94. The van der Waals surface area contributed by atoms with E-state index in [-0.39, 0.29) is 0 Å². The van der Waals surface area contributed by atoms with E-state index in [9.17, 15) is 10.2 Å². The van der Waals surface area contributed by atoms with Crippen LogP contribution in [-0.4, -0.2) is 10.2 Å². The van der Waals surface area contributed by atoms with Gasteiger partial charge in [0.2, 0.25) is 0 Å². The molecule has 0 unspecified atom stereocenters. The Morgan fingerprint density at radius 1 is 0.778 bits per heavy atom. The number of phenols is 2. The Balaban J connectivity index is 2.40. The fourth-order valence-corrected chi connectivity index (χ4v) is 2.11. The van der Waals surface area contributed by atoms with Crippen molar-refractivity contribution in [2.75, 3.05) is 0 Å². The van der Waals surface area contributed by atoms with Crippen LogP contribution < -0.4 is 0 Å². The number of aromatic hydroxyl groups is 2. The first-order chi connectivity index (χ1) is 8.47. The highest BCUT2D eigenvalue weighted by Crippen LogP contribution is 2.26. The first-order valence-electron chi connectivity index (χ1n) is 6.05. The minimum absolute atomic E-state index is 0.324. The van der Waals surface area contributed by atoms with Gasteiger partial charge in [-0.25, -0.2) is 0 Å². The Bertz CT molecular complexity index is 586. The van der Waals surface area contributed by atoms with Crippen LogP contribution in [0.15, 0.2) is 30.3 Å². The van der Waals surface area contributed by atoms with Crippen LogP contribution in [0.3, 0.4) is 0 Å². The lowest BCUT2D eigenvalue weighted by atomic mass is 9.96. The van der Waals surface area contributed by atoms with Gasteiger partial charge in [-0.05, 0) is 55.2 Å². The summed E-state index contributed by atoms with van der Waals surface area (Å²) in [5.74, 6) is 0.649. The minimum atomic E-state index is 0.324. The molecule has 18 heavy (non-hydrogen) atoms. The van der Waals surface area contributed by atoms with Crippen LogP contribution in [-0.2, 0) is 6.42 Å². The molecular weight excluding hydrogens is 224 g/mol. The number of hydrogen-bond donors (Lipinski definition) is 2. The molecule has 0 atom stereocenters. The topological polar surface area (TPSA) is 40.5 Å². The summed E-state index contributed by atoms with van der Waals surface area (Å²) in [5.41, 5.74) is 5.09. The zero-order valence-electron chi connectivity index (χ0n) is 11.0. The maximum absolute atomic E-state index is 9.86. The largest absolute Gasteiger partial charge is 0.508 e. The van der Waals surface area contributed by atoms with Gasteiger partial charge in [0.1, 0.15) is 11.5 Å². The smallest absolute Gasteiger partial charge is 0.119 e. The molecule has 0 aliphatic rings. The molecule has 0 amide bonds. The van der Waals surface area contributed by atoms with Gasteiger partial charge in [0, 0.05) is 6.42 Å². The minimum Gasteiger partial charge on any atom is -0.508 e. The van der Waals surface area contributed by atoms with Gasteiger partial charge in [-0.1, -0.05) is 23.8 Å². The average Bonchev–Trinajstić information content (AvgIpc) is 2.30. The van der Waals surface area contributed by atoms with Crippen molar-refractivity contribution in [3.63, 3.8) is 0 Å². The lowest BCUT2D eigenvalue weighted by molar-refractivity contribution is 0.468. The summed E-state index contributed by atoms with van der Waals surface area (Å²) in [4.78, 5) is 0. The van der Waals surface area contributed by atoms with Crippen molar-refractivity contribution < 1.29 is 10.2 Å². The molecule has 2 nitrogen and oxygen atoms in total. The molecule has 2 N–H and O–H groups in total. The van der Waals surface area contributed by atoms with Crippen molar-refractivity contribution in [1.82, 2.24) is 0 Å². The Morgan fingerprint density at radius 3 is 2.22 bits per heavy atom. The number of phenolic OH excluding ortho intramolecular Hbond substituents is 2. The molecule has 0 aliphatic heterocycles. The fraction of sp³-hybridized carbons (Fsp3) is 0.250. The third kappa shape index (κ3) is 2.48. The van der Waals surface area contributed by atoms with Crippen LogP contribution >= 0.6 is 0 Å². The van der Waals surface area contributed by atoms with Gasteiger partial charge in [-0.15, -0.1) is 0 Å². The van der Waals surface area contributed by atoms with Crippen LogP contribution in [0.2, 0.25) is 0 Å². The standard InChI is InChI=1S/C16H18O2/c1-10-4-5-15(17)14(6-10)9-13-7-12(3)16(18)8-11(13)2/h4-8,17-18H,9H2,1-3H3. The van der Waals surface area contributed by atoms with Crippen molar-refractivity contribution >= 4 is 0 Å². The molecule has 0 fully saturated rings. The van der Waals surface area contributed by atoms with Crippen molar-refractivity contribution in [2.45, 2.75) is 27.2 Å². The highest BCUT2D eigenvalue weighted by Gasteiger charge is 2.07. The third-order valence-corrected chi connectivity index (χ3v) is 3.27. The molecule has 2 rings (SSSR count). The van der Waals surface area contributed by atoms with E-state index >= 15 is 0 Å². The van der Waals surface area contributed by atoms with E-state index in [2.05, 4.69) is 0 Å². The number of rotatable bonds is 2.